The minimum absolute atomic E-state index is 0.118. The number of nitrogens with zero attached hydrogens (tertiary/aromatic N) is 6. The number of aryl methyl sites for hydroxylation is 1. The van der Waals surface area contributed by atoms with Crippen molar-refractivity contribution in [3.8, 4) is 10.8 Å². The standard InChI is InChI=1S/C32H33FN6O6S/c1-20-27-29(41)38(24-11-14-36(2)28(24)40)32(42)37(31(27)46-30(20)39-34-12-13-35-39)18-26(44-16-15-43-3)23-17-22(33)9-10-25(23)45-19-21-7-5-4-6-8-21/h4-10,12-13,17,24,26H,11,14-16,18-19H2,1-3H3/t24-,26-/m0/s1. The van der Waals surface area contributed by atoms with Crippen LogP contribution >= 0.6 is 11.3 Å². The molecule has 12 nitrogen and oxygen atoms in total. The van der Waals surface area contributed by atoms with E-state index in [1.165, 1.54) is 63.3 Å². The van der Waals surface area contributed by atoms with Gasteiger partial charge in [-0.25, -0.2) is 13.8 Å². The van der Waals surface area contributed by atoms with E-state index < -0.39 is 29.2 Å². The molecule has 5 aromatic rings. The van der Waals surface area contributed by atoms with Crippen molar-refractivity contribution in [2.24, 2.45) is 0 Å². The molecule has 0 N–H and O–H groups in total. The molecule has 4 heterocycles. The summed E-state index contributed by atoms with van der Waals surface area (Å²) in [6.45, 7) is 2.65. The van der Waals surface area contributed by atoms with E-state index >= 15 is 0 Å². The zero-order valence-corrected chi connectivity index (χ0v) is 26.4. The molecular weight excluding hydrogens is 615 g/mol. The van der Waals surface area contributed by atoms with Gasteiger partial charge in [0.1, 0.15) is 40.2 Å². The van der Waals surface area contributed by atoms with Gasteiger partial charge in [-0.3, -0.25) is 14.2 Å². The van der Waals surface area contributed by atoms with Crippen molar-refractivity contribution in [3.05, 3.63) is 104 Å². The molecule has 0 saturated carbocycles. The van der Waals surface area contributed by atoms with Crippen molar-refractivity contribution < 1.29 is 23.4 Å². The molecular formula is C32H33FN6O6S. The third-order valence-corrected chi connectivity index (χ3v) is 9.32. The van der Waals surface area contributed by atoms with Gasteiger partial charge in [0.05, 0.1) is 37.5 Å². The second-order valence-electron chi connectivity index (χ2n) is 11.0. The van der Waals surface area contributed by atoms with Gasteiger partial charge < -0.3 is 19.1 Å². The van der Waals surface area contributed by atoms with E-state index in [4.69, 9.17) is 14.2 Å². The summed E-state index contributed by atoms with van der Waals surface area (Å²) < 4.78 is 34.9. The summed E-state index contributed by atoms with van der Waals surface area (Å²) in [5.74, 6) is -0.452. The number of hydrogen-bond acceptors (Lipinski definition) is 9. The molecule has 3 aromatic heterocycles. The third-order valence-electron chi connectivity index (χ3n) is 8.04. The second-order valence-corrected chi connectivity index (χ2v) is 11.9. The first-order valence-corrected chi connectivity index (χ1v) is 15.6. The molecule has 0 bridgehead atoms. The van der Waals surface area contributed by atoms with Crippen LogP contribution in [0.3, 0.4) is 0 Å². The predicted molar refractivity (Wildman–Crippen MR) is 169 cm³/mol. The number of fused-ring (bicyclic) bond motifs is 1. The molecule has 6 rings (SSSR count). The molecule has 14 heteroatoms. The van der Waals surface area contributed by atoms with E-state index in [2.05, 4.69) is 10.2 Å². The maximum atomic E-state index is 14.8. The third kappa shape index (κ3) is 5.98. The van der Waals surface area contributed by atoms with Gasteiger partial charge in [0.2, 0.25) is 5.91 Å². The molecule has 0 unspecified atom stereocenters. The highest BCUT2D eigenvalue weighted by molar-refractivity contribution is 7.21. The van der Waals surface area contributed by atoms with Gasteiger partial charge in [0, 0.05) is 31.8 Å². The summed E-state index contributed by atoms with van der Waals surface area (Å²) >= 11 is 1.18. The Bertz CT molecular complexity index is 1970. The van der Waals surface area contributed by atoms with Crippen molar-refractivity contribution in [2.75, 3.05) is 33.9 Å². The quantitative estimate of drug-likeness (QED) is 0.188. The summed E-state index contributed by atoms with van der Waals surface area (Å²) in [4.78, 5) is 44.8. The lowest BCUT2D eigenvalue weighted by atomic mass is 10.1. The van der Waals surface area contributed by atoms with Gasteiger partial charge in [0.15, 0.2) is 0 Å². The number of rotatable bonds is 12. The number of ether oxygens (including phenoxy) is 3. The average Bonchev–Trinajstić information content (AvgIpc) is 3.79. The second kappa shape index (κ2) is 13.4. The molecule has 0 aliphatic carbocycles. The lowest BCUT2D eigenvalue weighted by Crippen LogP contribution is -2.44. The molecule has 2 atom stereocenters. The summed E-state index contributed by atoms with van der Waals surface area (Å²) in [6, 6.07) is 12.7. The number of methoxy groups -OCH3 is 1. The van der Waals surface area contributed by atoms with Crippen LogP contribution in [0.2, 0.25) is 0 Å². The molecule has 1 amide bonds. The summed E-state index contributed by atoms with van der Waals surface area (Å²) in [5, 5.41) is 9.29. The van der Waals surface area contributed by atoms with Crippen LogP contribution in [0, 0.1) is 12.7 Å². The zero-order valence-electron chi connectivity index (χ0n) is 25.6. The SMILES string of the molecule is COCCO[C@@H](Cn1c(=O)n([C@H]2CCN(C)C2=O)c(=O)c2c(C)c(-n3nccn3)sc21)c1cc(F)ccc1OCc1ccccc1. The van der Waals surface area contributed by atoms with Crippen LogP contribution in [0.5, 0.6) is 5.75 Å². The zero-order chi connectivity index (χ0) is 32.4. The molecule has 1 fully saturated rings. The average molecular weight is 649 g/mol. The Kier molecular flexibility index (Phi) is 9.10. The maximum Gasteiger partial charge on any atom is 0.332 e. The summed E-state index contributed by atoms with van der Waals surface area (Å²) in [5.41, 5.74) is 0.628. The Morgan fingerprint density at radius 3 is 2.52 bits per heavy atom. The van der Waals surface area contributed by atoms with Crippen LogP contribution in [0.25, 0.3) is 15.2 Å². The molecule has 1 saturated heterocycles. The number of amides is 1. The highest BCUT2D eigenvalue weighted by Gasteiger charge is 2.35. The molecule has 2 aromatic carbocycles. The van der Waals surface area contributed by atoms with Gasteiger partial charge in [-0.15, -0.1) is 4.80 Å². The summed E-state index contributed by atoms with van der Waals surface area (Å²) in [6.07, 6.45) is 2.44. The number of likely N-dealkylation sites (tertiary alicyclic amines) is 1. The molecule has 0 radical (unpaired) electrons. The van der Waals surface area contributed by atoms with Crippen LogP contribution in [0.1, 0.15) is 35.3 Å². The van der Waals surface area contributed by atoms with Gasteiger partial charge >= 0.3 is 5.69 Å². The van der Waals surface area contributed by atoms with E-state index in [0.29, 0.717) is 39.7 Å². The largest absolute Gasteiger partial charge is 0.489 e. The highest BCUT2D eigenvalue weighted by Crippen LogP contribution is 2.35. The van der Waals surface area contributed by atoms with Gasteiger partial charge in [-0.2, -0.15) is 10.2 Å². The topological polar surface area (TPSA) is 123 Å². The highest BCUT2D eigenvalue weighted by atomic mass is 32.1. The van der Waals surface area contributed by atoms with E-state index in [1.54, 1.807) is 14.0 Å². The first kappa shape index (κ1) is 31.3. The van der Waals surface area contributed by atoms with Crippen LogP contribution in [-0.4, -0.2) is 68.9 Å². The number of thiophene rings is 1. The number of hydrogen-bond donors (Lipinski definition) is 0. The number of aromatic nitrogens is 5. The normalized spacial score (nSPS) is 15.6. The first-order chi connectivity index (χ1) is 22.3. The van der Waals surface area contributed by atoms with Crippen molar-refractivity contribution >= 4 is 27.5 Å². The number of halogens is 1. The minimum atomic E-state index is -0.960. The smallest absolute Gasteiger partial charge is 0.332 e. The summed E-state index contributed by atoms with van der Waals surface area (Å²) in [7, 11) is 3.18. The van der Waals surface area contributed by atoms with Gasteiger partial charge in [0.25, 0.3) is 5.56 Å². The maximum absolute atomic E-state index is 14.8. The van der Waals surface area contributed by atoms with Crippen molar-refractivity contribution in [2.45, 2.75) is 38.6 Å². The first-order valence-electron chi connectivity index (χ1n) is 14.7. The molecule has 240 valence electrons. The fraction of sp³-hybridized carbons (Fsp3) is 0.344. The number of benzene rings is 2. The lowest BCUT2D eigenvalue weighted by Gasteiger charge is -2.24. The number of likely N-dealkylation sites (N-methyl/N-ethyl adjacent to an activating group) is 1. The van der Waals surface area contributed by atoms with Crippen molar-refractivity contribution in [3.63, 3.8) is 0 Å². The van der Waals surface area contributed by atoms with Crippen molar-refractivity contribution in [1.82, 2.24) is 29.0 Å². The van der Waals surface area contributed by atoms with Crippen LogP contribution in [0.15, 0.2) is 70.5 Å². The van der Waals surface area contributed by atoms with Gasteiger partial charge in [-0.05, 0) is 37.1 Å². The van der Waals surface area contributed by atoms with Crippen LogP contribution in [0.4, 0.5) is 4.39 Å². The molecule has 1 aliphatic rings. The van der Waals surface area contributed by atoms with E-state index in [9.17, 15) is 18.8 Å². The van der Waals surface area contributed by atoms with Crippen LogP contribution < -0.4 is 16.0 Å². The Hall–Kier alpha value is -4.66. The molecule has 1 aliphatic heterocycles. The van der Waals surface area contributed by atoms with Crippen molar-refractivity contribution in [1.29, 1.82) is 0 Å². The van der Waals surface area contributed by atoms with E-state index in [0.717, 1.165) is 10.1 Å². The monoisotopic (exact) mass is 648 g/mol. The Morgan fingerprint density at radius 1 is 1.07 bits per heavy atom. The van der Waals surface area contributed by atoms with Gasteiger partial charge in [-0.1, -0.05) is 41.7 Å². The predicted octanol–water partition coefficient (Wildman–Crippen LogP) is 3.64. The fourth-order valence-electron chi connectivity index (χ4n) is 5.66. The van der Waals surface area contributed by atoms with E-state index in [1.807, 2.05) is 30.3 Å². The minimum Gasteiger partial charge on any atom is -0.489 e. The number of carbonyl (C=O) groups is 1. The lowest BCUT2D eigenvalue weighted by molar-refractivity contribution is -0.129. The Labute approximate surface area is 267 Å². The fourth-order valence-corrected chi connectivity index (χ4v) is 6.88. The number of carbonyl (C=O) groups excluding carboxylic acids is 1. The Balaban J connectivity index is 1.51. The Morgan fingerprint density at radius 2 is 1.83 bits per heavy atom. The van der Waals surface area contributed by atoms with Crippen LogP contribution in [-0.2, 0) is 27.4 Å². The molecule has 0 spiro atoms. The molecule has 46 heavy (non-hydrogen) atoms. The van der Waals surface area contributed by atoms with E-state index in [-0.39, 0.29) is 37.7 Å².